The van der Waals surface area contributed by atoms with Crippen LogP contribution in [-0.4, -0.2) is 34.8 Å². The number of aromatic nitrogens is 3. The number of hydrogen-bond acceptors (Lipinski definition) is 6. The maximum atomic E-state index is 12.5. The summed E-state index contributed by atoms with van der Waals surface area (Å²) in [5.74, 6) is 0.515. The lowest BCUT2D eigenvalue weighted by atomic mass is 10.1. The highest BCUT2D eigenvalue weighted by atomic mass is 32.2. The molecule has 8 nitrogen and oxygen atoms in total. The van der Waals surface area contributed by atoms with Crippen molar-refractivity contribution in [2.24, 2.45) is 5.14 Å². The minimum atomic E-state index is -3.78. The van der Waals surface area contributed by atoms with Crippen LogP contribution in [0.5, 0.6) is 0 Å². The number of amides is 1. The molecule has 0 aliphatic heterocycles. The van der Waals surface area contributed by atoms with E-state index < -0.39 is 10.0 Å². The van der Waals surface area contributed by atoms with E-state index in [1.54, 1.807) is 0 Å². The van der Waals surface area contributed by atoms with Gasteiger partial charge in [-0.3, -0.25) is 9.36 Å². The van der Waals surface area contributed by atoms with Gasteiger partial charge in [0.05, 0.1) is 10.6 Å². The minimum absolute atomic E-state index is 0.0190. The van der Waals surface area contributed by atoms with Gasteiger partial charge in [-0.25, -0.2) is 13.6 Å². The second-order valence-electron chi connectivity index (χ2n) is 7.25. The van der Waals surface area contributed by atoms with Crippen LogP contribution in [0.15, 0.2) is 88.9 Å². The SMILES string of the molecule is Cc1ccc(-c2nnc(SCC(=O)Nc3ccc(S(N)(=O)=O)cc3)n2-c2ccccc2)cc1. The number of carbonyl (C=O) groups excluding carboxylic acids is 1. The fraction of sp³-hybridized carbons (Fsp3) is 0.0870. The predicted molar refractivity (Wildman–Crippen MR) is 129 cm³/mol. The van der Waals surface area contributed by atoms with E-state index in [1.807, 2.05) is 66.1 Å². The number of anilines is 1. The lowest BCUT2D eigenvalue weighted by Crippen LogP contribution is -2.15. The third kappa shape index (κ3) is 5.48. The molecule has 0 fully saturated rings. The number of nitrogens with one attached hydrogen (secondary N) is 1. The van der Waals surface area contributed by atoms with E-state index in [0.29, 0.717) is 16.7 Å². The number of primary sulfonamides is 1. The van der Waals surface area contributed by atoms with E-state index >= 15 is 0 Å². The van der Waals surface area contributed by atoms with Gasteiger partial charge in [0.2, 0.25) is 15.9 Å². The number of nitrogens with zero attached hydrogens (tertiary/aromatic N) is 3. The molecule has 0 saturated carbocycles. The van der Waals surface area contributed by atoms with Gasteiger partial charge in [0, 0.05) is 16.9 Å². The molecular weight excluding hydrogens is 458 g/mol. The van der Waals surface area contributed by atoms with Gasteiger partial charge in [-0.1, -0.05) is 59.8 Å². The molecule has 3 N–H and O–H groups in total. The highest BCUT2D eigenvalue weighted by Crippen LogP contribution is 2.28. The zero-order valence-corrected chi connectivity index (χ0v) is 19.3. The van der Waals surface area contributed by atoms with E-state index in [0.717, 1.165) is 16.8 Å². The van der Waals surface area contributed by atoms with Gasteiger partial charge in [0.25, 0.3) is 0 Å². The Balaban J connectivity index is 1.53. The molecule has 33 heavy (non-hydrogen) atoms. The molecule has 1 amide bonds. The van der Waals surface area contributed by atoms with Crippen molar-refractivity contribution in [3.8, 4) is 17.1 Å². The average Bonchev–Trinajstić information content (AvgIpc) is 3.22. The molecule has 0 spiro atoms. The van der Waals surface area contributed by atoms with Gasteiger partial charge in [-0.15, -0.1) is 10.2 Å². The molecule has 0 radical (unpaired) electrons. The fourth-order valence-electron chi connectivity index (χ4n) is 3.12. The highest BCUT2D eigenvalue weighted by molar-refractivity contribution is 7.99. The van der Waals surface area contributed by atoms with Gasteiger partial charge in [-0.05, 0) is 43.3 Å². The maximum Gasteiger partial charge on any atom is 0.238 e. The third-order valence-corrected chi connectivity index (χ3v) is 6.61. The molecule has 0 atom stereocenters. The third-order valence-electron chi connectivity index (χ3n) is 4.76. The number of para-hydroxylation sites is 1. The molecule has 0 unspecified atom stereocenters. The first-order chi connectivity index (χ1) is 15.8. The number of nitrogens with two attached hydrogens (primary N) is 1. The van der Waals surface area contributed by atoms with Crippen LogP contribution >= 0.6 is 11.8 Å². The van der Waals surface area contributed by atoms with Crippen molar-refractivity contribution in [3.63, 3.8) is 0 Å². The molecule has 0 bridgehead atoms. The summed E-state index contributed by atoms with van der Waals surface area (Å²) >= 11 is 1.26. The van der Waals surface area contributed by atoms with Crippen LogP contribution in [0.2, 0.25) is 0 Å². The lowest BCUT2D eigenvalue weighted by molar-refractivity contribution is -0.113. The number of thioether (sulfide) groups is 1. The smallest absolute Gasteiger partial charge is 0.238 e. The van der Waals surface area contributed by atoms with Crippen LogP contribution in [-0.2, 0) is 14.8 Å². The van der Waals surface area contributed by atoms with Crippen LogP contribution in [0.4, 0.5) is 5.69 Å². The van der Waals surface area contributed by atoms with E-state index in [9.17, 15) is 13.2 Å². The summed E-state index contributed by atoms with van der Waals surface area (Å²) < 4.78 is 24.7. The Morgan fingerprint density at radius 1 is 0.970 bits per heavy atom. The predicted octanol–water partition coefficient (Wildman–Crippen LogP) is 3.62. The van der Waals surface area contributed by atoms with Crippen LogP contribution in [0, 0.1) is 6.92 Å². The molecule has 1 aromatic heterocycles. The minimum Gasteiger partial charge on any atom is -0.325 e. The highest BCUT2D eigenvalue weighted by Gasteiger charge is 2.17. The Labute approximate surface area is 195 Å². The summed E-state index contributed by atoms with van der Waals surface area (Å²) in [6.07, 6.45) is 0. The van der Waals surface area contributed by atoms with E-state index in [2.05, 4.69) is 15.5 Å². The van der Waals surface area contributed by atoms with Crippen molar-refractivity contribution in [2.75, 3.05) is 11.1 Å². The van der Waals surface area contributed by atoms with Crippen molar-refractivity contribution in [1.29, 1.82) is 0 Å². The number of sulfonamides is 1. The van der Waals surface area contributed by atoms with E-state index in [-0.39, 0.29) is 16.6 Å². The van der Waals surface area contributed by atoms with Gasteiger partial charge in [0.15, 0.2) is 11.0 Å². The van der Waals surface area contributed by atoms with Crippen LogP contribution in [0.25, 0.3) is 17.1 Å². The quantitative estimate of drug-likeness (QED) is 0.391. The molecule has 0 aliphatic carbocycles. The number of rotatable bonds is 7. The monoisotopic (exact) mass is 479 g/mol. The Morgan fingerprint density at radius 3 is 2.27 bits per heavy atom. The fourth-order valence-corrected chi connectivity index (χ4v) is 4.39. The number of aryl methyl sites for hydroxylation is 1. The summed E-state index contributed by atoms with van der Waals surface area (Å²) in [6, 6.07) is 23.4. The normalized spacial score (nSPS) is 11.3. The second kappa shape index (κ2) is 9.57. The molecule has 10 heteroatoms. The number of carbonyl (C=O) groups is 1. The molecule has 4 rings (SSSR count). The van der Waals surface area contributed by atoms with Gasteiger partial charge < -0.3 is 5.32 Å². The second-order valence-corrected chi connectivity index (χ2v) is 9.75. The Hall–Kier alpha value is -3.47. The lowest BCUT2D eigenvalue weighted by Gasteiger charge is -2.11. The van der Waals surface area contributed by atoms with Crippen molar-refractivity contribution >= 4 is 33.4 Å². The number of benzene rings is 3. The van der Waals surface area contributed by atoms with Gasteiger partial charge >= 0.3 is 0 Å². The first-order valence-corrected chi connectivity index (χ1v) is 12.5. The molecule has 0 aliphatic rings. The standard InChI is InChI=1S/C23H21N5O3S2/c1-16-7-9-17(10-8-16)22-26-27-23(28(22)19-5-3-2-4-6-19)32-15-21(29)25-18-11-13-20(14-12-18)33(24,30)31/h2-14H,15H2,1H3,(H,25,29)(H2,24,30,31). The molecule has 0 saturated heterocycles. The van der Waals surface area contributed by atoms with Crippen molar-refractivity contribution in [3.05, 3.63) is 84.4 Å². The summed E-state index contributed by atoms with van der Waals surface area (Å²) in [7, 11) is -3.78. The summed E-state index contributed by atoms with van der Waals surface area (Å²) in [5.41, 5.74) is 3.42. The molecule has 3 aromatic carbocycles. The van der Waals surface area contributed by atoms with Crippen LogP contribution in [0.1, 0.15) is 5.56 Å². The zero-order valence-electron chi connectivity index (χ0n) is 17.7. The largest absolute Gasteiger partial charge is 0.325 e. The zero-order chi connectivity index (χ0) is 23.4. The van der Waals surface area contributed by atoms with Gasteiger partial charge in [0.1, 0.15) is 0 Å². The average molecular weight is 480 g/mol. The summed E-state index contributed by atoms with van der Waals surface area (Å²) in [5, 5.41) is 17.1. The number of hydrogen-bond donors (Lipinski definition) is 2. The maximum absolute atomic E-state index is 12.5. The van der Waals surface area contributed by atoms with Crippen LogP contribution in [0.3, 0.4) is 0 Å². The molecule has 1 heterocycles. The van der Waals surface area contributed by atoms with E-state index in [4.69, 9.17) is 5.14 Å². The Bertz CT molecular complexity index is 1370. The van der Waals surface area contributed by atoms with Crippen molar-refractivity contribution in [1.82, 2.24) is 14.8 Å². The molecule has 4 aromatic rings. The first kappa shape index (κ1) is 22.7. The van der Waals surface area contributed by atoms with Crippen LogP contribution < -0.4 is 10.5 Å². The molecule has 168 valence electrons. The topological polar surface area (TPSA) is 120 Å². The summed E-state index contributed by atoms with van der Waals surface area (Å²) in [6.45, 7) is 2.02. The van der Waals surface area contributed by atoms with Crippen molar-refractivity contribution < 1.29 is 13.2 Å². The summed E-state index contributed by atoms with van der Waals surface area (Å²) in [4.78, 5) is 12.5. The van der Waals surface area contributed by atoms with Gasteiger partial charge in [-0.2, -0.15) is 0 Å². The first-order valence-electron chi connectivity index (χ1n) is 9.95. The van der Waals surface area contributed by atoms with Crippen molar-refractivity contribution in [2.45, 2.75) is 17.0 Å². The van der Waals surface area contributed by atoms with E-state index in [1.165, 1.54) is 36.0 Å². The molecular formula is C23H21N5O3S2. The Morgan fingerprint density at radius 2 is 1.64 bits per heavy atom. The Kier molecular flexibility index (Phi) is 6.59.